The number of hydrogen-bond acceptors (Lipinski definition) is 5. The average Bonchev–Trinajstić information content (AvgIpc) is 3.55. The number of rotatable bonds is 5. The van der Waals surface area contributed by atoms with E-state index in [2.05, 4.69) is 26.7 Å². The fourth-order valence-corrected chi connectivity index (χ4v) is 4.42. The minimum Gasteiger partial charge on any atom is -0.354 e. The van der Waals surface area contributed by atoms with Crippen molar-refractivity contribution >= 4 is 34.9 Å². The van der Waals surface area contributed by atoms with Gasteiger partial charge in [-0.15, -0.1) is 0 Å². The number of aromatic nitrogens is 2. The number of halogens is 1. The molecular formula is C21H28ClN5O2. The van der Waals surface area contributed by atoms with Crippen LogP contribution in [0.5, 0.6) is 0 Å². The van der Waals surface area contributed by atoms with Gasteiger partial charge in [-0.2, -0.15) is 0 Å². The van der Waals surface area contributed by atoms with Crippen molar-refractivity contribution < 1.29 is 9.59 Å². The number of nitrogens with zero attached hydrogens (tertiary/aromatic N) is 3. The third kappa shape index (κ3) is 5.07. The maximum absolute atomic E-state index is 12.4. The van der Waals surface area contributed by atoms with Gasteiger partial charge in [0.1, 0.15) is 0 Å². The van der Waals surface area contributed by atoms with Crippen molar-refractivity contribution in [2.75, 3.05) is 18.4 Å². The first kappa shape index (κ1) is 20.1. The predicted octanol–water partition coefficient (Wildman–Crippen LogP) is 3.01. The zero-order chi connectivity index (χ0) is 20.4. The van der Waals surface area contributed by atoms with Crippen LogP contribution in [0.2, 0.25) is 5.02 Å². The molecule has 0 aromatic carbocycles. The molecule has 7 nitrogen and oxygen atoms in total. The van der Waals surface area contributed by atoms with Gasteiger partial charge < -0.3 is 15.5 Å². The second-order valence-corrected chi connectivity index (χ2v) is 8.74. The Morgan fingerprint density at radius 3 is 2.55 bits per heavy atom. The third-order valence-electron chi connectivity index (χ3n) is 5.91. The summed E-state index contributed by atoms with van der Waals surface area (Å²) < 4.78 is 0. The monoisotopic (exact) mass is 417 g/mol. The fraction of sp³-hybridized carbons (Fsp3) is 0.619. The van der Waals surface area contributed by atoms with Crippen molar-refractivity contribution in [2.45, 2.75) is 64.0 Å². The Morgan fingerprint density at radius 2 is 1.86 bits per heavy atom. The van der Waals surface area contributed by atoms with E-state index in [-0.39, 0.29) is 29.8 Å². The van der Waals surface area contributed by atoms with Gasteiger partial charge in [-0.05, 0) is 50.5 Å². The Bertz CT molecular complexity index is 815. The van der Waals surface area contributed by atoms with E-state index in [9.17, 15) is 9.59 Å². The molecule has 29 heavy (non-hydrogen) atoms. The minimum absolute atomic E-state index is 0.0297. The molecule has 4 rings (SSSR count). The summed E-state index contributed by atoms with van der Waals surface area (Å²) in [6.07, 6.45) is 10.4. The molecule has 0 radical (unpaired) electrons. The molecule has 2 aliphatic carbocycles. The van der Waals surface area contributed by atoms with Crippen LogP contribution in [0.15, 0.2) is 12.3 Å². The lowest BCUT2D eigenvalue weighted by atomic mass is 9.91. The highest BCUT2D eigenvalue weighted by Gasteiger charge is 2.34. The van der Waals surface area contributed by atoms with Crippen molar-refractivity contribution in [3.8, 4) is 0 Å². The molecule has 0 saturated heterocycles. The van der Waals surface area contributed by atoms with Gasteiger partial charge >= 0.3 is 0 Å². The molecule has 0 atom stereocenters. The maximum atomic E-state index is 12.4. The van der Waals surface area contributed by atoms with Crippen LogP contribution < -0.4 is 10.6 Å². The number of nitrogens with one attached hydrogen (secondary N) is 2. The molecule has 0 bridgehead atoms. The third-order valence-corrected chi connectivity index (χ3v) is 6.18. The molecule has 8 heteroatoms. The summed E-state index contributed by atoms with van der Waals surface area (Å²) in [5.74, 6) is 1.08. The van der Waals surface area contributed by atoms with E-state index in [4.69, 9.17) is 11.6 Å². The standard InChI is InChI=1S/C21H28ClN5O2/c1-13(28)24-16-6-8-17(9-7-16)25-21-23-11-18(22)19(26-21)15-3-2-10-27(12-15)20(29)14-4-5-14/h3,11,14,16-17H,2,4-10,12H2,1H3,(H,24,28)(H,23,25,26). The molecule has 156 valence electrons. The molecule has 1 aromatic rings. The van der Waals surface area contributed by atoms with Crippen LogP contribution in [0.3, 0.4) is 0 Å². The van der Waals surface area contributed by atoms with E-state index in [0.717, 1.165) is 57.1 Å². The lowest BCUT2D eigenvalue weighted by Crippen LogP contribution is -2.39. The van der Waals surface area contributed by atoms with Crippen molar-refractivity contribution in [3.63, 3.8) is 0 Å². The summed E-state index contributed by atoms with van der Waals surface area (Å²) in [7, 11) is 0. The van der Waals surface area contributed by atoms with Gasteiger partial charge in [-0.1, -0.05) is 17.7 Å². The van der Waals surface area contributed by atoms with Crippen LogP contribution in [-0.2, 0) is 9.59 Å². The van der Waals surface area contributed by atoms with E-state index in [1.807, 2.05) is 4.90 Å². The highest BCUT2D eigenvalue weighted by atomic mass is 35.5. The van der Waals surface area contributed by atoms with E-state index in [1.165, 1.54) is 0 Å². The van der Waals surface area contributed by atoms with Gasteiger partial charge in [0.2, 0.25) is 17.8 Å². The SMILES string of the molecule is CC(=O)NC1CCC(Nc2ncc(Cl)c(C3=CCCN(C(=O)C4CC4)C3)n2)CC1. The Balaban J connectivity index is 1.39. The molecule has 1 aliphatic heterocycles. The van der Waals surface area contributed by atoms with Crippen molar-refractivity contribution in [1.82, 2.24) is 20.2 Å². The van der Waals surface area contributed by atoms with Crippen molar-refractivity contribution in [2.24, 2.45) is 5.92 Å². The highest BCUT2D eigenvalue weighted by Crippen LogP contribution is 2.33. The van der Waals surface area contributed by atoms with Crippen LogP contribution in [0.25, 0.3) is 5.57 Å². The zero-order valence-corrected chi connectivity index (χ0v) is 17.5. The molecular weight excluding hydrogens is 390 g/mol. The molecule has 3 aliphatic rings. The molecule has 2 N–H and O–H groups in total. The zero-order valence-electron chi connectivity index (χ0n) is 16.8. The average molecular weight is 418 g/mol. The summed E-state index contributed by atoms with van der Waals surface area (Å²) in [6, 6.07) is 0.539. The quantitative estimate of drug-likeness (QED) is 0.768. The lowest BCUT2D eigenvalue weighted by Gasteiger charge is -2.30. The second kappa shape index (κ2) is 8.69. The second-order valence-electron chi connectivity index (χ2n) is 8.34. The number of anilines is 1. The molecule has 2 heterocycles. The minimum atomic E-state index is 0.0297. The highest BCUT2D eigenvalue weighted by molar-refractivity contribution is 6.32. The number of hydrogen-bond donors (Lipinski definition) is 2. The van der Waals surface area contributed by atoms with Crippen LogP contribution in [0.4, 0.5) is 5.95 Å². The molecule has 2 fully saturated rings. The Labute approximate surface area is 176 Å². The first-order valence-corrected chi connectivity index (χ1v) is 10.9. The van der Waals surface area contributed by atoms with Gasteiger partial charge in [0.05, 0.1) is 16.9 Å². The van der Waals surface area contributed by atoms with Gasteiger partial charge in [0.15, 0.2) is 0 Å². The summed E-state index contributed by atoms with van der Waals surface area (Å²) >= 11 is 6.40. The predicted molar refractivity (Wildman–Crippen MR) is 112 cm³/mol. The van der Waals surface area contributed by atoms with Crippen molar-refractivity contribution in [1.29, 1.82) is 0 Å². The van der Waals surface area contributed by atoms with E-state index < -0.39 is 0 Å². The summed E-state index contributed by atoms with van der Waals surface area (Å²) in [5.41, 5.74) is 1.71. The molecule has 2 saturated carbocycles. The molecule has 2 amide bonds. The molecule has 0 spiro atoms. The van der Waals surface area contributed by atoms with Crippen LogP contribution >= 0.6 is 11.6 Å². The fourth-order valence-electron chi connectivity index (χ4n) is 4.21. The summed E-state index contributed by atoms with van der Waals surface area (Å²) in [6.45, 7) is 2.89. The first-order valence-electron chi connectivity index (χ1n) is 10.5. The van der Waals surface area contributed by atoms with Crippen LogP contribution in [0.1, 0.15) is 57.6 Å². The van der Waals surface area contributed by atoms with E-state index in [0.29, 0.717) is 23.2 Å². The Morgan fingerprint density at radius 1 is 1.14 bits per heavy atom. The molecule has 0 unspecified atom stereocenters. The maximum Gasteiger partial charge on any atom is 0.225 e. The molecule has 1 aromatic heterocycles. The Hall–Kier alpha value is -2.15. The van der Waals surface area contributed by atoms with Gasteiger partial charge in [-0.3, -0.25) is 9.59 Å². The van der Waals surface area contributed by atoms with E-state index >= 15 is 0 Å². The first-order chi connectivity index (χ1) is 14.0. The smallest absolute Gasteiger partial charge is 0.225 e. The van der Waals surface area contributed by atoms with E-state index in [1.54, 1.807) is 13.1 Å². The number of carbonyl (C=O) groups is 2. The summed E-state index contributed by atoms with van der Waals surface area (Å²) in [5, 5.41) is 6.93. The summed E-state index contributed by atoms with van der Waals surface area (Å²) in [4.78, 5) is 34.6. The van der Waals surface area contributed by atoms with Gasteiger partial charge in [0, 0.05) is 38.0 Å². The Kier molecular flexibility index (Phi) is 6.04. The van der Waals surface area contributed by atoms with Gasteiger partial charge in [-0.25, -0.2) is 9.97 Å². The number of carbonyl (C=O) groups excluding carboxylic acids is 2. The normalized spacial score (nSPS) is 24.6. The topological polar surface area (TPSA) is 87.2 Å². The van der Waals surface area contributed by atoms with Crippen molar-refractivity contribution in [3.05, 3.63) is 23.0 Å². The van der Waals surface area contributed by atoms with Crippen LogP contribution in [0, 0.1) is 5.92 Å². The largest absolute Gasteiger partial charge is 0.354 e. The van der Waals surface area contributed by atoms with Crippen LogP contribution in [-0.4, -0.2) is 51.9 Å². The lowest BCUT2D eigenvalue weighted by molar-refractivity contribution is -0.132. The number of amides is 2. The van der Waals surface area contributed by atoms with Gasteiger partial charge in [0.25, 0.3) is 0 Å².